The van der Waals surface area contributed by atoms with E-state index in [2.05, 4.69) is 24.5 Å². The van der Waals surface area contributed by atoms with Crippen molar-refractivity contribution in [1.82, 2.24) is 5.32 Å². The highest BCUT2D eigenvalue weighted by Gasteiger charge is 2.18. The fraction of sp³-hybridized carbons (Fsp3) is 0.556. The first kappa shape index (κ1) is 20.0. The van der Waals surface area contributed by atoms with Gasteiger partial charge in [0, 0.05) is 6.54 Å². The zero-order chi connectivity index (χ0) is 17.9. The number of methoxy groups -OCH3 is 1. The molecule has 0 aliphatic carbocycles. The predicted molar refractivity (Wildman–Crippen MR) is 95.3 cm³/mol. The molecule has 0 aliphatic rings. The number of rotatable bonds is 10. The van der Waals surface area contributed by atoms with Crippen molar-refractivity contribution in [1.29, 1.82) is 0 Å². The van der Waals surface area contributed by atoms with E-state index >= 15 is 0 Å². The Morgan fingerprint density at radius 2 is 1.83 bits per heavy atom. The van der Waals surface area contributed by atoms with Gasteiger partial charge in [-0.15, -0.1) is 0 Å². The lowest BCUT2D eigenvalue weighted by Gasteiger charge is -2.19. The van der Waals surface area contributed by atoms with Crippen LogP contribution in [0, 0.1) is 5.92 Å². The van der Waals surface area contributed by atoms with Crippen molar-refractivity contribution in [2.24, 2.45) is 5.92 Å². The number of carbonyl (C=O) groups is 2. The summed E-state index contributed by atoms with van der Waals surface area (Å²) in [6.45, 7) is 8.14. The number of para-hydroxylation sites is 2. The number of nitrogens with one attached hydrogen (secondary N) is 3. The van der Waals surface area contributed by atoms with Crippen LogP contribution in [-0.2, 0) is 9.59 Å². The maximum atomic E-state index is 12.3. The van der Waals surface area contributed by atoms with Gasteiger partial charge in [-0.05, 0) is 24.5 Å². The molecule has 0 spiro atoms. The number of ether oxygens (including phenoxy) is 1. The second kappa shape index (κ2) is 10.6. The van der Waals surface area contributed by atoms with Gasteiger partial charge in [0.25, 0.3) is 11.8 Å². The van der Waals surface area contributed by atoms with E-state index in [1.165, 1.54) is 0 Å². The van der Waals surface area contributed by atoms with Gasteiger partial charge in [-0.25, -0.2) is 0 Å². The quantitative estimate of drug-likeness (QED) is 0.589. The minimum absolute atomic E-state index is 0.0164. The first-order chi connectivity index (χ1) is 11.5. The van der Waals surface area contributed by atoms with Gasteiger partial charge in [0.1, 0.15) is 5.75 Å². The summed E-state index contributed by atoms with van der Waals surface area (Å²) in [5, 5.41) is 5.76. The Bertz CT molecular complexity index is 532. The van der Waals surface area contributed by atoms with Gasteiger partial charge in [-0.1, -0.05) is 32.9 Å². The normalized spacial score (nSPS) is 11.9. The molecule has 6 heteroatoms. The van der Waals surface area contributed by atoms with Crippen molar-refractivity contribution >= 4 is 17.5 Å². The van der Waals surface area contributed by atoms with E-state index < -0.39 is 0 Å². The van der Waals surface area contributed by atoms with Gasteiger partial charge in [0.05, 0.1) is 19.3 Å². The lowest BCUT2D eigenvalue weighted by molar-refractivity contribution is -0.883. The maximum absolute atomic E-state index is 12.3. The average Bonchev–Trinajstić information content (AvgIpc) is 2.53. The first-order valence-corrected chi connectivity index (χ1v) is 8.49. The zero-order valence-corrected chi connectivity index (χ0v) is 15.1. The van der Waals surface area contributed by atoms with Crippen LogP contribution in [-0.4, -0.2) is 45.1 Å². The van der Waals surface area contributed by atoms with Crippen LogP contribution in [0.25, 0.3) is 0 Å². The fourth-order valence-electron chi connectivity index (χ4n) is 2.37. The van der Waals surface area contributed by atoms with Gasteiger partial charge >= 0.3 is 0 Å². The van der Waals surface area contributed by atoms with Gasteiger partial charge in [-0.3, -0.25) is 9.59 Å². The first-order valence-electron chi connectivity index (χ1n) is 8.49. The molecule has 0 bridgehead atoms. The Morgan fingerprint density at radius 3 is 2.46 bits per heavy atom. The highest BCUT2D eigenvalue weighted by Crippen LogP contribution is 2.22. The van der Waals surface area contributed by atoms with Crippen molar-refractivity contribution < 1.29 is 19.2 Å². The highest BCUT2D eigenvalue weighted by molar-refractivity contribution is 5.93. The van der Waals surface area contributed by atoms with E-state index in [4.69, 9.17) is 4.74 Å². The predicted octanol–water partition coefficient (Wildman–Crippen LogP) is 0.701. The van der Waals surface area contributed by atoms with E-state index in [1.54, 1.807) is 19.2 Å². The fourth-order valence-corrected chi connectivity index (χ4v) is 2.37. The molecule has 0 radical (unpaired) electrons. The highest BCUT2D eigenvalue weighted by atomic mass is 16.5. The number of carbonyl (C=O) groups excluding carboxylic acids is 2. The molecule has 1 aromatic rings. The Balaban J connectivity index is 2.57. The molecule has 1 atom stereocenters. The van der Waals surface area contributed by atoms with Crippen LogP contribution in [0.15, 0.2) is 24.3 Å². The molecule has 0 saturated heterocycles. The van der Waals surface area contributed by atoms with Gasteiger partial charge < -0.3 is 20.3 Å². The molecule has 1 rings (SSSR count). The summed E-state index contributed by atoms with van der Waals surface area (Å²) in [4.78, 5) is 25.2. The summed E-state index contributed by atoms with van der Waals surface area (Å²) in [6, 6.07) is 7.29. The molecule has 0 saturated carbocycles. The third-order valence-electron chi connectivity index (χ3n) is 3.51. The molecule has 6 nitrogen and oxygen atoms in total. The molecule has 1 aromatic carbocycles. The van der Waals surface area contributed by atoms with Crippen LogP contribution in [0.4, 0.5) is 5.69 Å². The van der Waals surface area contributed by atoms with Crippen molar-refractivity contribution in [3.63, 3.8) is 0 Å². The summed E-state index contributed by atoms with van der Waals surface area (Å²) in [5.74, 6) is 0.895. The van der Waals surface area contributed by atoms with Gasteiger partial charge in [0.15, 0.2) is 13.1 Å². The SMILES string of the molecule is CCC[NH+](CC(=O)NCC(C)C)CC(=O)Nc1ccccc1OC. The topological polar surface area (TPSA) is 71.9 Å². The number of benzene rings is 1. The molecule has 134 valence electrons. The van der Waals surface area contributed by atoms with E-state index in [-0.39, 0.29) is 18.4 Å². The van der Waals surface area contributed by atoms with Crippen molar-refractivity contribution in [2.75, 3.05) is 38.6 Å². The van der Waals surface area contributed by atoms with Crippen molar-refractivity contribution in [3.05, 3.63) is 24.3 Å². The van der Waals surface area contributed by atoms with Crippen LogP contribution >= 0.6 is 0 Å². The monoisotopic (exact) mass is 336 g/mol. The standard InChI is InChI=1S/C18H29N3O3/c1-5-10-21(12-17(22)19-11-14(2)3)13-18(23)20-15-8-6-7-9-16(15)24-4/h6-9,14H,5,10-13H2,1-4H3,(H,19,22)(H,20,23)/p+1. The molecule has 0 heterocycles. The Morgan fingerprint density at radius 1 is 1.17 bits per heavy atom. The van der Waals surface area contributed by atoms with Crippen molar-refractivity contribution in [2.45, 2.75) is 27.2 Å². The smallest absolute Gasteiger partial charge is 0.279 e. The summed E-state index contributed by atoms with van der Waals surface area (Å²) in [5.41, 5.74) is 0.644. The summed E-state index contributed by atoms with van der Waals surface area (Å²) in [6.07, 6.45) is 0.911. The third-order valence-corrected chi connectivity index (χ3v) is 3.51. The molecular formula is C18H30N3O3+. The lowest BCUT2D eigenvalue weighted by Crippen LogP contribution is -3.14. The van der Waals surface area contributed by atoms with E-state index in [9.17, 15) is 9.59 Å². The zero-order valence-electron chi connectivity index (χ0n) is 15.1. The largest absolute Gasteiger partial charge is 0.495 e. The molecule has 2 amide bonds. The number of hydrogen-bond donors (Lipinski definition) is 3. The van der Waals surface area contributed by atoms with E-state index in [0.717, 1.165) is 17.9 Å². The molecule has 0 aliphatic heterocycles. The summed E-state index contributed by atoms with van der Waals surface area (Å²) >= 11 is 0. The Labute approximate surface area is 144 Å². The van der Waals surface area contributed by atoms with E-state index in [1.807, 2.05) is 19.1 Å². The minimum atomic E-state index is -0.125. The minimum Gasteiger partial charge on any atom is -0.495 e. The maximum Gasteiger partial charge on any atom is 0.279 e. The van der Waals surface area contributed by atoms with Gasteiger partial charge in [-0.2, -0.15) is 0 Å². The Kier molecular flexibility index (Phi) is 8.86. The summed E-state index contributed by atoms with van der Waals surface area (Å²) < 4.78 is 5.23. The van der Waals surface area contributed by atoms with E-state index in [0.29, 0.717) is 30.4 Å². The Hall–Kier alpha value is -2.08. The third kappa shape index (κ3) is 7.46. The lowest BCUT2D eigenvalue weighted by atomic mass is 10.2. The van der Waals surface area contributed by atoms with Crippen LogP contribution in [0.1, 0.15) is 27.2 Å². The number of anilines is 1. The number of quaternary nitrogens is 1. The molecule has 1 unspecified atom stereocenters. The summed E-state index contributed by atoms with van der Waals surface area (Å²) in [7, 11) is 1.57. The van der Waals surface area contributed by atoms with Crippen LogP contribution < -0.4 is 20.3 Å². The van der Waals surface area contributed by atoms with Crippen molar-refractivity contribution in [3.8, 4) is 5.75 Å². The molecular weight excluding hydrogens is 306 g/mol. The number of hydrogen-bond acceptors (Lipinski definition) is 3. The van der Waals surface area contributed by atoms with Crippen LogP contribution in [0.2, 0.25) is 0 Å². The average molecular weight is 336 g/mol. The molecule has 3 N–H and O–H groups in total. The number of amides is 2. The van der Waals surface area contributed by atoms with Crippen LogP contribution in [0.3, 0.4) is 0 Å². The molecule has 24 heavy (non-hydrogen) atoms. The molecule has 0 aromatic heterocycles. The van der Waals surface area contributed by atoms with Gasteiger partial charge in [0.2, 0.25) is 0 Å². The molecule has 0 fully saturated rings. The second-order valence-electron chi connectivity index (χ2n) is 6.30. The van der Waals surface area contributed by atoms with Crippen LogP contribution in [0.5, 0.6) is 5.75 Å². The second-order valence-corrected chi connectivity index (χ2v) is 6.30.